The van der Waals surface area contributed by atoms with E-state index < -0.39 is 6.10 Å². The van der Waals surface area contributed by atoms with Crippen LogP contribution in [0, 0.1) is 11.7 Å². The lowest BCUT2D eigenvalue weighted by Crippen LogP contribution is -2.34. The zero-order valence-corrected chi connectivity index (χ0v) is 11.7. The van der Waals surface area contributed by atoms with Gasteiger partial charge in [-0.05, 0) is 37.9 Å². The van der Waals surface area contributed by atoms with E-state index in [-0.39, 0.29) is 11.7 Å². The number of aromatic nitrogens is 1. The summed E-state index contributed by atoms with van der Waals surface area (Å²) in [5.74, 6) is -0.265. The molecule has 0 amide bonds. The van der Waals surface area contributed by atoms with Crippen molar-refractivity contribution in [1.29, 1.82) is 0 Å². The fourth-order valence-electron chi connectivity index (χ4n) is 2.92. The van der Waals surface area contributed by atoms with E-state index in [1.807, 2.05) is 6.92 Å². The van der Waals surface area contributed by atoms with Gasteiger partial charge in [0.15, 0.2) is 0 Å². The van der Waals surface area contributed by atoms with E-state index in [9.17, 15) is 9.50 Å². The van der Waals surface area contributed by atoms with Crippen LogP contribution in [0.5, 0.6) is 0 Å². The van der Waals surface area contributed by atoms with Crippen LogP contribution in [0.25, 0.3) is 0 Å². The second-order valence-electron chi connectivity index (χ2n) is 5.52. The second-order valence-corrected chi connectivity index (χ2v) is 5.52. The van der Waals surface area contributed by atoms with E-state index in [0.717, 1.165) is 25.7 Å². The number of halogens is 1. The van der Waals surface area contributed by atoms with E-state index in [2.05, 4.69) is 16.8 Å². The van der Waals surface area contributed by atoms with Gasteiger partial charge in [-0.1, -0.05) is 13.8 Å². The molecule has 4 heteroatoms. The summed E-state index contributed by atoms with van der Waals surface area (Å²) in [6.07, 6.45) is 4.20. The normalized spacial score (nSPS) is 23.5. The summed E-state index contributed by atoms with van der Waals surface area (Å²) >= 11 is 0. The van der Waals surface area contributed by atoms with Crippen LogP contribution in [0.4, 0.5) is 4.39 Å². The Hall–Kier alpha value is -1.00. The van der Waals surface area contributed by atoms with E-state index in [0.29, 0.717) is 11.7 Å². The molecule has 1 fully saturated rings. The third kappa shape index (κ3) is 3.51. The summed E-state index contributed by atoms with van der Waals surface area (Å²) in [5.41, 5.74) is 0.557. The third-order valence-corrected chi connectivity index (χ3v) is 4.09. The Balaban J connectivity index is 1.95. The molecular formula is C15H23FN2O. The Labute approximate surface area is 114 Å². The molecule has 3 atom stereocenters. The topological polar surface area (TPSA) is 36.4 Å². The van der Waals surface area contributed by atoms with Gasteiger partial charge in [0.25, 0.3) is 0 Å². The fraction of sp³-hybridized carbons (Fsp3) is 0.667. The van der Waals surface area contributed by atoms with Gasteiger partial charge in [-0.2, -0.15) is 0 Å². The van der Waals surface area contributed by atoms with Crippen molar-refractivity contribution in [2.45, 2.75) is 45.3 Å². The van der Waals surface area contributed by atoms with Gasteiger partial charge in [-0.3, -0.25) is 4.98 Å². The van der Waals surface area contributed by atoms with Crippen LogP contribution in [0.1, 0.15) is 44.9 Å². The third-order valence-electron chi connectivity index (χ3n) is 4.09. The molecule has 19 heavy (non-hydrogen) atoms. The summed E-state index contributed by atoms with van der Waals surface area (Å²) in [4.78, 5) is 6.43. The molecule has 3 nitrogen and oxygen atoms in total. The standard InChI is InChI=1S/C15H23FN2O/c1-3-13-5-4-8-18(13)10-11(2)15(19)14-7-6-12(16)9-17-14/h6-7,9,11,13,15,19H,3-5,8,10H2,1-2H3. The predicted octanol–water partition coefficient (Wildman–Crippen LogP) is 2.76. The van der Waals surface area contributed by atoms with Crippen molar-refractivity contribution in [3.63, 3.8) is 0 Å². The Morgan fingerprint density at radius 1 is 1.53 bits per heavy atom. The van der Waals surface area contributed by atoms with Crippen molar-refractivity contribution >= 4 is 0 Å². The quantitative estimate of drug-likeness (QED) is 0.890. The van der Waals surface area contributed by atoms with Crippen LogP contribution < -0.4 is 0 Å². The molecule has 1 aliphatic heterocycles. The van der Waals surface area contributed by atoms with Crippen molar-refractivity contribution < 1.29 is 9.50 Å². The molecule has 1 aliphatic rings. The second kappa shape index (κ2) is 6.44. The Morgan fingerprint density at radius 3 is 2.95 bits per heavy atom. The first kappa shape index (κ1) is 14.4. The summed E-state index contributed by atoms with van der Waals surface area (Å²) in [6.45, 7) is 6.23. The fourth-order valence-corrected chi connectivity index (χ4v) is 2.92. The molecule has 2 rings (SSSR count). The van der Waals surface area contributed by atoms with Crippen LogP contribution in [0.2, 0.25) is 0 Å². The molecule has 0 bridgehead atoms. The number of hydrogen-bond acceptors (Lipinski definition) is 3. The van der Waals surface area contributed by atoms with Crippen LogP contribution in [-0.4, -0.2) is 34.1 Å². The SMILES string of the molecule is CCC1CCCN1CC(C)C(O)c1ccc(F)cn1. The van der Waals surface area contributed by atoms with Crippen LogP contribution >= 0.6 is 0 Å². The predicted molar refractivity (Wildman–Crippen MR) is 73.2 cm³/mol. The summed E-state index contributed by atoms with van der Waals surface area (Å²) in [5, 5.41) is 10.3. The maximum absolute atomic E-state index is 12.8. The first-order valence-corrected chi connectivity index (χ1v) is 7.15. The number of likely N-dealkylation sites (tertiary alicyclic amines) is 1. The molecule has 0 saturated carbocycles. The highest BCUT2D eigenvalue weighted by atomic mass is 19.1. The Morgan fingerprint density at radius 2 is 2.32 bits per heavy atom. The van der Waals surface area contributed by atoms with Crippen LogP contribution in [0.3, 0.4) is 0 Å². The van der Waals surface area contributed by atoms with Gasteiger partial charge in [0.05, 0.1) is 18.0 Å². The molecule has 106 valence electrons. The largest absolute Gasteiger partial charge is 0.386 e. The van der Waals surface area contributed by atoms with Crippen LogP contribution in [-0.2, 0) is 0 Å². The average Bonchev–Trinajstić information content (AvgIpc) is 2.86. The molecule has 1 N–H and O–H groups in total. The van der Waals surface area contributed by atoms with Gasteiger partial charge >= 0.3 is 0 Å². The molecular weight excluding hydrogens is 243 g/mol. The highest BCUT2D eigenvalue weighted by Crippen LogP contribution is 2.26. The van der Waals surface area contributed by atoms with Crippen molar-refractivity contribution in [2.24, 2.45) is 5.92 Å². The van der Waals surface area contributed by atoms with Gasteiger partial charge in [0.1, 0.15) is 5.82 Å². The van der Waals surface area contributed by atoms with E-state index in [1.165, 1.54) is 18.9 Å². The van der Waals surface area contributed by atoms with E-state index in [4.69, 9.17) is 0 Å². The number of aliphatic hydroxyl groups excluding tert-OH is 1. The van der Waals surface area contributed by atoms with Crippen molar-refractivity contribution in [3.05, 3.63) is 29.8 Å². The average molecular weight is 266 g/mol. The molecule has 3 unspecified atom stereocenters. The Kier molecular flexibility index (Phi) is 4.88. The lowest BCUT2D eigenvalue weighted by Gasteiger charge is -2.28. The lowest BCUT2D eigenvalue weighted by atomic mass is 10.00. The molecule has 0 aliphatic carbocycles. The van der Waals surface area contributed by atoms with E-state index in [1.54, 1.807) is 6.07 Å². The lowest BCUT2D eigenvalue weighted by molar-refractivity contribution is 0.0805. The van der Waals surface area contributed by atoms with E-state index >= 15 is 0 Å². The number of pyridine rings is 1. The smallest absolute Gasteiger partial charge is 0.141 e. The van der Waals surface area contributed by atoms with Crippen molar-refractivity contribution in [2.75, 3.05) is 13.1 Å². The number of rotatable bonds is 5. The highest BCUT2D eigenvalue weighted by Gasteiger charge is 2.27. The minimum Gasteiger partial charge on any atom is -0.386 e. The van der Waals surface area contributed by atoms with Crippen LogP contribution in [0.15, 0.2) is 18.3 Å². The summed E-state index contributed by atoms with van der Waals surface area (Å²) < 4.78 is 12.8. The number of hydrogen-bond donors (Lipinski definition) is 1. The zero-order valence-electron chi connectivity index (χ0n) is 11.7. The zero-order chi connectivity index (χ0) is 13.8. The minimum atomic E-state index is -0.626. The van der Waals surface area contributed by atoms with Gasteiger partial charge in [0.2, 0.25) is 0 Å². The highest BCUT2D eigenvalue weighted by molar-refractivity contribution is 5.09. The van der Waals surface area contributed by atoms with Gasteiger partial charge in [-0.15, -0.1) is 0 Å². The minimum absolute atomic E-state index is 0.102. The maximum atomic E-state index is 12.8. The number of aliphatic hydroxyl groups is 1. The van der Waals surface area contributed by atoms with Gasteiger partial charge in [-0.25, -0.2) is 4.39 Å². The molecule has 0 spiro atoms. The molecule has 1 saturated heterocycles. The van der Waals surface area contributed by atoms with Crippen molar-refractivity contribution in [3.8, 4) is 0 Å². The van der Waals surface area contributed by atoms with Gasteiger partial charge in [0, 0.05) is 18.5 Å². The first-order chi connectivity index (χ1) is 9.11. The monoisotopic (exact) mass is 266 g/mol. The molecule has 2 heterocycles. The summed E-state index contributed by atoms with van der Waals surface area (Å²) in [7, 11) is 0. The molecule has 0 radical (unpaired) electrons. The Bertz CT molecular complexity index is 396. The van der Waals surface area contributed by atoms with Crippen molar-refractivity contribution in [1.82, 2.24) is 9.88 Å². The number of nitrogens with zero attached hydrogens (tertiary/aromatic N) is 2. The maximum Gasteiger partial charge on any atom is 0.141 e. The molecule has 1 aromatic heterocycles. The molecule has 1 aromatic rings. The van der Waals surface area contributed by atoms with Gasteiger partial charge < -0.3 is 10.0 Å². The molecule has 0 aromatic carbocycles. The summed E-state index contributed by atoms with van der Waals surface area (Å²) in [6, 6.07) is 3.57. The first-order valence-electron chi connectivity index (χ1n) is 7.15.